The molecule has 0 bridgehead atoms. The molecule has 5 nitrogen and oxygen atoms in total. The van der Waals surface area contributed by atoms with Crippen LogP contribution in [0, 0.1) is 0 Å². The average Bonchev–Trinajstić information content (AvgIpc) is 2.76. The molecule has 0 aliphatic rings. The number of aryl methyl sites for hydroxylation is 1. The fraction of sp³-hybridized carbons (Fsp3) is 0.462. The third kappa shape index (κ3) is 3.76. The molecule has 0 amide bonds. The first kappa shape index (κ1) is 14.0. The van der Waals surface area contributed by atoms with Crippen molar-refractivity contribution in [2.45, 2.75) is 39.7 Å². The maximum Gasteiger partial charge on any atom is 0.223 e. The van der Waals surface area contributed by atoms with Crippen molar-refractivity contribution in [1.82, 2.24) is 19.7 Å². The highest BCUT2D eigenvalue weighted by Crippen LogP contribution is 2.23. The molecule has 102 valence electrons. The summed E-state index contributed by atoms with van der Waals surface area (Å²) in [5.74, 6) is 2.23. The molecule has 0 aromatic carbocycles. The van der Waals surface area contributed by atoms with Gasteiger partial charge in [0.15, 0.2) is 5.75 Å². The number of rotatable bonds is 5. The van der Waals surface area contributed by atoms with Crippen molar-refractivity contribution in [1.29, 1.82) is 0 Å². The Kier molecular flexibility index (Phi) is 4.52. The van der Waals surface area contributed by atoms with Crippen molar-refractivity contribution in [2.75, 3.05) is 0 Å². The molecule has 0 aliphatic carbocycles. The number of aromatic nitrogens is 4. The number of nitrogens with zero attached hydrogens (tertiary/aromatic N) is 4. The van der Waals surface area contributed by atoms with Crippen LogP contribution in [-0.2, 0) is 6.54 Å². The van der Waals surface area contributed by atoms with E-state index in [2.05, 4.69) is 37.9 Å². The summed E-state index contributed by atoms with van der Waals surface area (Å²) in [4.78, 5) is 8.70. The van der Waals surface area contributed by atoms with E-state index in [1.807, 2.05) is 24.7 Å². The molecule has 2 heterocycles. The molecule has 2 rings (SSSR count). The number of halogens is 1. The van der Waals surface area contributed by atoms with Gasteiger partial charge in [-0.25, -0.2) is 4.98 Å². The van der Waals surface area contributed by atoms with Crippen LogP contribution in [0.4, 0.5) is 0 Å². The molecule has 19 heavy (non-hydrogen) atoms. The van der Waals surface area contributed by atoms with Gasteiger partial charge in [0.25, 0.3) is 0 Å². The van der Waals surface area contributed by atoms with E-state index in [0.29, 0.717) is 11.6 Å². The van der Waals surface area contributed by atoms with Crippen LogP contribution in [0.5, 0.6) is 11.6 Å². The summed E-state index contributed by atoms with van der Waals surface area (Å²) in [6, 6.07) is 1.75. The van der Waals surface area contributed by atoms with Gasteiger partial charge < -0.3 is 4.74 Å². The number of ether oxygens (including phenoxy) is 1. The molecule has 0 saturated heterocycles. The van der Waals surface area contributed by atoms with E-state index in [1.54, 1.807) is 12.3 Å². The zero-order valence-electron chi connectivity index (χ0n) is 11.3. The van der Waals surface area contributed by atoms with Crippen molar-refractivity contribution in [2.24, 2.45) is 0 Å². The van der Waals surface area contributed by atoms with Gasteiger partial charge in [0.2, 0.25) is 5.88 Å². The Morgan fingerprint density at radius 1 is 1.37 bits per heavy atom. The highest BCUT2D eigenvalue weighted by atomic mass is 79.9. The predicted molar refractivity (Wildman–Crippen MR) is 76.4 cm³/mol. The minimum Gasteiger partial charge on any atom is -0.436 e. The zero-order chi connectivity index (χ0) is 13.8. The summed E-state index contributed by atoms with van der Waals surface area (Å²) in [6.07, 6.45) is 4.60. The Bertz CT molecular complexity index is 553. The molecule has 0 aliphatic heterocycles. The molecule has 2 aromatic rings. The van der Waals surface area contributed by atoms with Gasteiger partial charge in [-0.15, -0.1) is 0 Å². The van der Waals surface area contributed by atoms with Gasteiger partial charge in [-0.05, 0) is 22.4 Å². The van der Waals surface area contributed by atoms with Crippen molar-refractivity contribution in [3.05, 3.63) is 28.9 Å². The molecule has 0 radical (unpaired) electrons. The van der Waals surface area contributed by atoms with Gasteiger partial charge in [-0.1, -0.05) is 20.8 Å². The second kappa shape index (κ2) is 6.14. The van der Waals surface area contributed by atoms with Gasteiger partial charge in [0, 0.05) is 18.5 Å². The van der Waals surface area contributed by atoms with Crippen LogP contribution in [0.15, 0.2) is 23.1 Å². The Morgan fingerprint density at radius 3 is 2.84 bits per heavy atom. The summed E-state index contributed by atoms with van der Waals surface area (Å²) in [6.45, 7) is 7.09. The predicted octanol–water partition coefficient (Wildman–Crippen LogP) is 3.76. The van der Waals surface area contributed by atoms with Crippen LogP contribution in [0.3, 0.4) is 0 Å². The SMILES string of the molecule is CCCn1cc(Oc2cc(Br)nc(C(C)C)n2)cn1. The number of hydrogen-bond donors (Lipinski definition) is 0. The number of hydrogen-bond acceptors (Lipinski definition) is 4. The summed E-state index contributed by atoms with van der Waals surface area (Å²) in [5.41, 5.74) is 0. The lowest BCUT2D eigenvalue weighted by Crippen LogP contribution is -1.99. The first-order valence-electron chi connectivity index (χ1n) is 6.33. The lowest BCUT2D eigenvalue weighted by molar-refractivity contribution is 0.454. The van der Waals surface area contributed by atoms with Gasteiger partial charge in [-0.2, -0.15) is 10.1 Å². The molecular weight excluding hydrogens is 308 g/mol. The Hall–Kier alpha value is -1.43. The van der Waals surface area contributed by atoms with E-state index < -0.39 is 0 Å². The average molecular weight is 325 g/mol. The summed E-state index contributed by atoms with van der Waals surface area (Å²) >= 11 is 3.37. The monoisotopic (exact) mass is 324 g/mol. The van der Waals surface area contributed by atoms with E-state index in [0.717, 1.165) is 23.4 Å². The fourth-order valence-electron chi connectivity index (χ4n) is 1.59. The minimum absolute atomic E-state index is 0.252. The quantitative estimate of drug-likeness (QED) is 0.786. The topological polar surface area (TPSA) is 52.8 Å². The van der Waals surface area contributed by atoms with Gasteiger partial charge >= 0.3 is 0 Å². The van der Waals surface area contributed by atoms with Crippen LogP contribution >= 0.6 is 15.9 Å². The highest BCUT2D eigenvalue weighted by molar-refractivity contribution is 9.10. The largest absolute Gasteiger partial charge is 0.436 e. The maximum absolute atomic E-state index is 5.71. The van der Waals surface area contributed by atoms with E-state index in [4.69, 9.17) is 4.74 Å². The Balaban J connectivity index is 2.17. The highest BCUT2D eigenvalue weighted by Gasteiger charge is 2.09. The summed E-state index contributed by atoms with van der Waals surface area (Å²) in [7, 11) is 0. The second-order valence-electron chi connectivity index (χ2n) is 4.58. The minimum atomic E-state index is 0.252. The zero-order valence-corrected chi connectivity index (χ0v) is 12.9. The standard InChI is InChI=1S/C13H17BrN4O/c1-4-5-18-8-10(7-15-18)19-12-6-11(14)16-13(17-12)9(2)3/h6-9H,4-5H2,1-3H3. The maximum atomic E-state index is 5.71. The Labute approximate surface area is 121 Å². The van der Waals surface area contributed by atoms with Crippen molar-refractivity contribution in [3.63, 3.8) is 0 Å². The molecule has 0 saturated carbocycles. The van der Waals surface area contributed by atoms with Crippen molar-refractivity contribution in [3.8, 4) is 11.6 Å². The summed E-state index contributed by atoms with van der Waals surface area (Å²) < 4.78 is 8.29. The Morgan fingerprint density at radius 2 is 2.16 bits per heavy atom. The van der Waals surface area contributed by atoms with Gasteiger partial charge in [0.05, 0.1) is 12.4 Å². The molecule has 0 unspecified atom stereocenters. The van der Waals surface area contributed by atoms with Crippen LogP contribution in [0.2, 0.25) is 0 Å². The van der Waals surface area contributed by atoms with Crippen molar-refractivity contribution >= 4 is 15.9 Å². The van der Waals surface area contributed by atoms with Crippen molar-refractivity contribution < 1.29 is 4.74 Å². The van der Waals surface area contributed by atoms with E-state index in [9.17, 15) is 0 Å². The van der Waals surface area contributed by atoms with Crippen LogP contribution in [-0.4, -0.2) is 19.7 Å². The lowest BCUT2D eigenvalue weighted by atomic mass is 10.2. The van der Waals surface area contributed by atoms with Crippen LogP contribution < -0.4 is 4.74 Å². The van der Waals surface area contributed by atoms with E-state index in [1.165, 1.54) is 0 Å². The summed E-state index contributed by atoms with van der Waals surface area (Å²) in [5, 5.41) is 4.22. The lowest BCUT2D eigenvalue weighted by Gasteiger charge is -2.07. The second-order valence-corrected chi connectivity index (χ2v) is 5.40. The van der Waals surface area contributed by atoms with Crippen LogP contribution in [0.1, 0.15) is 38.9 Å². The third-order valence-electron chi connectivity index (χ3n) is 2.49. The third-order valence-corrected chi connectivity index (χ3v) is 2.90. The van der Waals surface area contributed by atoms with E-state index >= 15 is 0 Å². The van der Waals surface area contributed by atoms with Gasteiger partial charge in [0.1, 0.15) is 10.4 Å². The fourth-order valence-corrected chi connectivity index (χ4v) is 1.97. The molecule has 0 fully saturated rings. The smallest absolute Gasteiger partial charge is 0.223 e. The molecule has 0 atom stereocenters. The normalized spacial score (nSPS) is 11.0. The first-order chi connectivity index (χ1) is 9.08. The van der Waals surface area contributed by atoms with E-state index in [-0.39, 0.29) is 5.92 Å². The molecular formula is C13H17BrN4O. The molecule has 0 N–H and O–H groups in total. The molecule has 6 heteroatoms. The van der Waals surface area contributed by atoms with Gasteiger partial charge in [-0.3, -0.25) is 4.68 Å². The first-order valence-corrected chi connectivity index (χ1v) is 7.12. The molecule has 0 spiro atoms. The van der Waals surface area contributed by atoms with Crippen LogP contribution in [0.25, 0.3) is 0 Å². The molecule has 2 aromatic heterocycles.